The Hall–Kier alpha value is -3.03. The van der Waals surface area contributed by atoms with Gasteiger partial charge in [0.15, 0.2) is 0 Å². The third-order valence-corrected chi connectivity index (χ3v) is 6.68. The van der Waals surface area contributed by atoms with Crippen LogP contribution in [0.25, 0.3) is 0 Å². The first-order chi connectivity index (χ1) is 14.3. The second kappa shape index (κ2) is 9.19. The SMILES string of the molecule is C=CCN(c1ccccc1)S(=O)(=O)c1cc(C(=O)N(C)Cc2ccco2)ccc1Cl. The lowest BCUT2D eigenvalue weighted by atomic mass is 10.2. The zero-order valence-electron chi connectivity index (χ0n) is 16.4. The van der Waals surface area contributed by atoms with Crippen LogP contribution in [-0.2, 0) is 16.6 Å². The normalized spacial score (nSPS) is 11.1. The van der Waals surface area contributed by atoms with E-state index in [1.54, 1.807) is 49.5 Å². The van der Waals surface area contributed by atoms with Crippen LogP contribution in [0.15, 0.2) is 88.9 Å². The molecule has 0 fully saturated rings. The molecule has 30 heavy (non-hydrogen) atoms. The van der Waals surface area contributed by atoms with Crippen LogP contribution in [0.1, 0.15) is 16.1 Å². The highest BCUT2D eigenvalue weighted by Gasteiger charge is 2.28. The molecule has 0 aliphatic heterocycles. The van der Waals surface area contributed by atoms with Gasteiger partial charge in [0.1, 0.15) is 10.7 Å². The van der Waals surface area contributed by atoms with Crippen molar-refractivity contribution in [3.63, 3.8) is 0 Å². The van der Waals surface area contributed by atoms with Crippen LogP contribution in [0.4, 0.5) is 5.69 Å². The fourth-order valence-corrected chi connectivity index (χ4v) is 4.87. The summed E-state index contributed by atoms with van der Waals surface area (Å²) in [5, 5.41) is 0.0326. The van der Waals surface area contributed by atoms with E-state index in [4.69, 9.17) is 16.0 Å². The molecule has 1 amide bonds. The molecule has 156 valence electrons. The summed E-state index contributed by atoms with van der Waals surface area (Å²) in [4.78, 5) is 14.1. The lowest BCUT2D eigenvalue weighted by Crippen LogP contribution is -2.32. The van der Waals surface area contributed by atoms with Crippen molar-refractivity contribution >= 4 is 33.2 Å². The molecule has 0 N–H and O–H groups in total. The quantitative estimate of drug-likeness (QED) is 0.476. The molecule has 0 radical (unpaired) electrons. The van der Waals surface area contributed by atoms with Crippen LogP contribution in [-0.4, -0.2) is 32.8 Å². The maximum absolute atomic E-state index is 13.4. The van der Waals surface area contributed by atoms with Gasteiger partial charge in [-0.2, -0.15) is 0 Å². The molecule has 8 heteroatoms. The van der Waals surface area contributed by atoms with Crippen LogP contribution in [0.2, 0.25) is 5.02 Å². The summed E-state index contributed by atoms with van der Waals surface area (Å²) in [7, 11) is -2.42. The summed E-state index contributed by atoms with van der Waals surface area (Å²) in [5.74, 6) is 0.267. The van der Waals surface area contributed by atoms with Gasteiger partial charge in [0.05, 0.1) is 30.1 Å². The lowest BCUT2D eigenvalue weighted by Gasteiger charge is -2.24. The minimum absolute atomic E-state index is 0.0326. The van der Waals surface area contributed by atoms with Gasteiger partial charge < -0.3 is 9.32 Å². The van der Waals surface area contributed by atoms with Gasteiger partial charge in [0, 0.05) is 12.6 Å². The number of rotatable bonds is 8. The smallest absolute Gasteiger partial charge is 0.266 e. The van der Waals surface area contributed by atoms with Crippen molar-refractivity contribution in [2.24, 2.45) is 0 Å². The Bertz CT molecular complexity index is 1130. The number of hydrogen-bond acceptors (Lipinski definition) is 4. The summed E-state index contributed by atoms with van der Waals surface area (Å²) in [6, 6.07) is 16.4. The first-order valence-electron chi connectivity index (χ1n) is 9.10. The number of para-hydroxylation sites is 1. The molecule has 3 aromatic rings. The van der Waals surface area contributed by atoms with E-state index < -0.39 is 10.0 Å². The minimum Gasteiger partial charge on any atom is -0.467 e. The highest BCUT2D eigenvalue weighted by atomic mass is 35.5. The molecule has 1 aromatic heterocycles. The van der Waals surface area contributed by atoms with E-state index in [0.29, 0.717) is 11.4 Å². The Balaban J connectivity index is 1.97. The summed E-state index contributed by atoms with van der Waals surface area (Å²) < 4.78 is 33.3. The molecule has 2 aromatic carbocycles. The van der Waals surface area contributed by atoms with E-state index in [-0.39, 0.29) is 34.5 Å². The van der Waals surface area contributed by atoms with Gasteiger partial charge in [-0.25, -0.2) is 8.42 Å². The summed E-state index contributed by atoms with van der Waals surface area (Å²) in [6.07, 6.45) is 3.02. The van der Waals surface area contributed by atoms with Crippen molar-refractivity contribution in [1.82, 2.24) is 4.90 Å². The summed E-state index contributed by atoms with van der Waals surface area (Å²) in [6.45, 7) is 3.96. The van der Waals surface area contributed by atoms with Crippen LogP contribution in [0.5, 0.6) is 0 Å². The standard InChI is InChI=1S/C22H21ClN2O4S/c1-3-13-25(18-8-5-4-6-9-18)30(27,28)21-15-17(11-12-20(21)23)22(26)24(2)16-19-10-7-14-29-19/h3-12,14-15H,1,13,16H2,2H3. The third kappa shape index (κ3) is 4.58. The molecule has 3 rings (SSSR count). The Morgan fingerprint density at radius 3 is 2.50 bits per heavy atom. The van der Waals surface area contributed by atoms with Crippen molar-refractivity contribution < 1.29 is 17.6 Å². The monoisotopic (exact) mass is 444 g/mol. The fraction of sp³-hybridized carbons (Fsp3) is 0.136. The number of hydrogen-bond donors (Lipinski definition) is 0. The number of nitrogens with zero attached hydrogens (tertiary/aromatic N) is 2. The number of amides is 1. The van der Waals surface area contributed by atoms with Gasteiger partial charge in [0.25, 0.3) is 15.9 Å². The molecule has 1 heterocycles. The maximum atomic E-state index is 13.4. The van der Waals surface area contributed by atoms with Crippen LogP contribution in [0.3, 0.4) is 0 Å². The predicted octanol–water partition coefficient (Wildman–Crippen LogP) is 4.59. The molecule has 0 aliphatic rings. The van der Waals surface area contributed by atoms with Gasteiger partial charge in [-0.15, -0.1) is 6.58 Å². The number of anilines is 1. The Labute approximate surface area is 181 Å². The summed E-state index contributed by atoms with van der Waals surface area (Å²) >= 11 is 6.24. The van der Waals surface area contributed by atoms with Gasteiger partial charge in [-0.1, -0.05) is 35.9 Å². The van der Waals surface area contributed by atoms with Crippen molar-refractivity contribution in [3.8, 4) is 0 Å². The second-order valence-electron chi connectivity index (χ2n) is 6.55. The molecule has 0 saturated heterocycles. The first-order valence-corrected chi connectivity index (χ1v) is 10.9. The van der Waals surface area contributed by atoms with Gasteiger partial charge in [-0.3, -0.25) is 9.10 Å². The molecular weight excluding hydrogens is 424 g/mol. The molecule has 0 saturated carbocycles. The Morgan fingerprint density at radius 1 is 1.13 bits per heavy atom. The highest BCUT2D eigenvalue weighted by Crippen LogP contribution is 2.29. The second-order valence-corrected chi connectivity index (χ2v) is 8.78. The van der Waals surface area contributed by atoms with Crippen LogP contribution < -0.4 is 4.31 Å². The van der Waals surface area contributed by atoms with Crippen molar-refractivity contribution in [1.29, 1.82) is 0 Å². The zero-order chi connectivity index (χ0) is 21.7. The van der Waals surface area contributed by atoms with E-state index >= 15 is 0 Å². The Morgan fingerprint density at radius 2 is 1.87 bits per heavy atom. The number of sulfonamides is 1. The number of carbonyl (C=O) groups excluding carboxylic acids is 1. The topological polar surface area (TPSA) is 70.8 Å². The van der Waals surface area contributed by atoms with E-state index in [1.807, 2.05) is 0 Å². The van der Waals surface area contributed by atoms with Crippen molar-refractivity contribution in [3.05, 3.63) is 95.9 Å². The number of halogens is 1. The largest absolute Gasteiger partial charge is 0.467 e. The van der Waals surface area contributed by atoms with Crippen LogP contribution >= 0.6 is 11.6 Å². The third-order valence-electron chi connectivity index (χ3n) is 4.41. The molecule has 6 nitrogen and oxygen atoms in total. The molecule has 0 aliphatic carbocycles. The number of benzene rings is 2. The fourth-order valence-electron chi connectivity index (χ4n) is 2.94. The highest BCUT2D eigenvalue weighted by molar-refractivity contribution is 7.93. The van der Waals surface area contributed by atoms with Gasteiger partial charge in [0.2, 0.25) is 0 Å². The zero-order valence-corrected chi connectivity index (χ0v) is 17.9. The van der Waals surface area contributed by atoms with Gasteiger partial charge in [-0.05, 0) is 42.5 Å². The molecule has 0 unspecified atom stereocenters. The number of furan rings is 1. The minimum atomic E-state index is -4.04. The van der Waals surface area contributed by atoms with Crippen molar-refractivity contribution in [2.45, 2.75) is 11.4 Å². The van der Waals surface area contributed by atoms with E-state index in [0.717, 1.165) is 0 Å². The average molecular weight is 445 g/mol. The average Bonchev–Trinajstić information content (AvgIpc) is 3.25. The molecule has 0 spiro atoms. The van der Waals surface area contributed by atoms with E-state index in [1.165, 1.54) is 39.7 Å². The molecule has 0 atom stereocenters. The number of carbonyl (C=O) groups is 1. The predicted molar refractivity (Wildman–Crippen MR) is 117 cm³/mol. The van der Waals surface area contributed by atoms with Gasteiger partial charge >= 0.3 is 0 Å². The van der Waals surface area contributed by atoms with E-state index in [9.17, 15) is 13.2 Å². The Kier molecular flexibility index (Phi) is 6.64. The van der Waals surface area contributed by atoms with E-state index in [2.05, 4.69) is 6.58 Å². The first kappa shape index (κ1) is 21.7. The summed E-state index contributed by atoms with van der Waals surface area (Å²) in [5.41, 5.74) is 0.679. The molecular formula is C22H21ClN2O4S. The molecule has 0 bridgehead atoms. The maximum Gasteiger partial charge on any atom is 0.266 e. The lowest BCUT2D eigenvalue weighted by molar-refractivity contribution is 0.0775. The van der Waals surface area contributed by atoms with Crippen LogP contribution in [0, 0.1) is 0 Å². The van der Waals surface area contributed by atoms with Crippen molar-refractivity contribution in [2.75, 3.05) is 17.9 Å².